The largest absolute Gasteiger partial charge is 0.492 e. The van der Waals surface area contributed by atoms with E-state index in [1.54, 1.807) is 6.08 Å². The van der Waals surface area contributed by atoms with E-state index in [2.05, 4.69) is 5.32 Å². The van der Waals surface area contributed by atoms with Crippen LogP contribution in [0.3, 0.4) is 0 Å². The third kappa shape index (κ3) is 5.82. The Hall–Kier alpha value is -1.81. The van der Waals surface area contributed by atoms with E-state index in [4.69, 9.17) is 9.84 Å². The molecule has 16 heavy (non-hydrogen) atoms. The van der Waals surface area contributed by atoms with Gasteiger partial charge < -0.3 is 15.2 Å². The average Bonchev–Trinajstić information content (AvgIpc) is 2.29. The maximum absolute atomic E-state index is 10.1. The van der Waals surface area contributed by atoms with Crippen LogP contribution in [0.4, 0.5) is 0 Å². The van der Waals surface area contributed by atoms with Crippen molar-refractivity contribution in [2.24, 2.45) is 0 Å². The highest BCUT2D eigenvalue weighted by Crippen LogP contribution is 2.07. The van der Waals surface area contributed by atoms with Crippen molar-refractivity contribution in [3.63, 3.8) is 0 Å². The van der Waals surface area contributed by atoms with Crippen LogP contribution in [0.2, 0.25) is 0 Å². The number of carboxylic acids is 1. The average molecular weight is 221 g/mol. The summed E-state index contributed by atoms with van der Waals surface area (Å²) < 4.78 is 5.43. The van der Waals surface area contributed by atoms with Crippen LogP contribution in [-0.4, -0.2) is 30.8 Å². The minimum atomic E-state index is -0.928. The molecule has 0 heterocycles. The van der Waals surface area contributed by atoms with Gasteiger partial charge in [0.05, 0.1) is 0 Å². The fourth-order valence-corrected chi connectivity index (χ4v) is 1.10. The molecular formula is C12H15NO3. The molecule has 0 amide bonds. The topological polar surface area (TPSA) is 58.6 Å². The van der Waals surface area contributed by atoms with Gasteiger partial charge in [-0.3, -0.25) is 0 Å². The number of hydrogen-bond acceptors (Lipinski definition) is 3. The smallest absolute Gasteiger partial charge is 0.328 e. The Morgan fingerprint density at radius 3 is 2.81 bits per heavy atom. The molecule has 86 valence electrons. The van der Waals surface area contributed by atoms with E-state index in [1.165, 1.54) is 0 Å². The zero-order valence-electron chi connectivity index (χ0n) is 8.93. The summed E-state index contributed by atoms with van der Waals surface area (Å²) in [5.74, 6) is -0.0901. The standard InChI is InChI=1S/C12H15NO3/c14-12(15)7-4-8-13-9-10-16-11-5-2-1-3-6-11/h1-7,13H,8-10H2,(H,14,15)/b7-4+. The first-order chi connectivity index (χ1) is 7.79. The van der Waals surface area contributed by atoms with Crippen molar-refractivity contribution in [1.29, 1.82) is 0 Å². The molecule has 4 nitrogen and oxygen atoms in total. The summed E-state index contributed by atoms with van der Waals surface area (Å²) in [4.78, 5) is 10.1. The van der Waals surface area contributed by atoms with Gasteiger partial charge in [-0.1, -0.05) is 24.3 Å². The van der Waals surface area contributed by atoms with Crippen molar-refractivity contribution in [2.75, 3.05) is 19.7 Å². The minimum Gasteiger partial charge on any atom is -0.492 e. The lowest BCUT2D eigenvalue weighted by Gasteiger charge is -2.05. The van der Waals surface area contributed by atoms with Crippen molar-refractivity contribution in [3.05, 3.63) is 42.5 Å². The number of carboxylic acid groups (broad SMARTS) is 1. The monoisotopic (exact) mass is 221 g/mol. The van der Waals surface area contributed by atoms with Crippen LogP contribution < -0.4 is 10.1 Å². The Morgan fingerprint density at radius 1 is 1.38 bits per heavy atom. The van der Waals surface area contributed by atoms with Gasteiger partial charge in [-0.25, -0.2) is 4.79 Å². The molecular weight excluding hydrogens is 206 g/mol. The number of aliphatic carboxylic acids is 1. The fourth-order valence-electron chi connectivity index (χ4n) is 1.10. The summed E-state index contributed by atoms with van der Waals surface area (Å²) in [6.07, 6.45) is 2.68. The number of rotatable bonds is 7. The molecule has 0 aromatic heterocycles. The highest BCUT2D eigenvalue weighted by Gasteiger charge is 1.90. The molecule has 0 aliphatic rings. The lowest BCUT2D eigenvalue weighted by Crippen LogP contribution is -2.21. The number of ether oxygens (including phenoxy) is 1. The number of hydrogen-bond donors (Lipinski definition) is 2. The predicted octanol–water partition coefficient (Wildman–Crippen LogP) is 1.30. The maximum atomic E-state index is 10.1. The third-order valence-corrected chi connectivity index (χ3v) is 1.81. The predicted molar refractivity (Wildman–Crippen MR) is 61.6 cm³/mol. The third-order valence-electron chi connectivity index (χ3n) is 1.81. The van der Waals surface area contributed by atoms with E-state index in [1.807, 2.05) is 30.3 Å². The van der Waals surface area contributed by atoms with Crippen LogP contribution in [0.1, 0.15) is 0 Å². The van der Waals surface area contributed by atoms with Crippen LogP contribution in [0.25, 0.3) is 0 Å². The lowest BCUT2D eigenvalue weighted by atomic mass is 10.3. The zero-order chi connectivity index (χ0) is 11.6. The zero-order valence-corrected chi connectivity index (χ0v) is 8.93. The summed E-state index contributed by atoms with van der Waals surface area (Å²) >= 11 is 0. The van der Waals surface area contributed by atoms with Gasteiger partial charge in [0.2, 0.25) is 0 Å². The van der Waals surface area contributed by atoms with Gasteiger partial charge in [0.15, 0.2) is 0 Å². The van der Waals surface area contributed by atoms with Gasteiger partial charge in [-0.15, -0.1) is 0 Å². The Kier molecular flexibility index (Phi) is 5.73. The Morgan fingerprint density at radius 2 is 2.12 bits per heavy atom. The molecule has 0 saturated heterocycles. The molecule has 0 bridgehead atoms. The first kappa shape index (κ1) is 12.3. The fraction of sp³-hybridized carbons (Fsp3) is 0.250. The SMILES string of the molecule is O=C(O)/C=C/CNCCOc1ccccc1. The van der Waals surface area contributed by atoms with E-state index < -0.39 is 5.97 Å². The van der Waals surface area contributed by atoms with Gasteiger partial charge >= 0.3 is 5.97 Å². The molecule has 0 aliphatic carbocycles. The second-order valence-corrected chi connectivity index (χ2v) is 3.11. The van der Waals surface area contributed by atoms with Crippen molar-refractivity contribution >= 4 is 5.97 Å². The summed E-state index contributed by atoms with van der Waals surface area (Å²) in [6.45, 7) is 1.77. The van der Waals surface area contributed by atoms with E-state index in [9.17, 15) is 4.79 Å². The second-order valence-electron chi connectivity index (χ2n) is 3.11. The number of nitrogens with one attached hydrogen (secondary N) is 1. The van der Waals surface area contributed by atoms with Gasteiger partial charge in [-0.05, 0) is 12.1 Å². The second kappa shape index (κ2) is 7.48. The van der Waals surface area contributed by atoms with Gasteiger partial charge in [0, 0.05) is 19.2 Å². The van der Waals surface area contributed by atoms with E-state index >= 15 is 0 Å². The number of carbonyl (C=O) groups is 1. The molecule has 0 fully saturated rings. The van der Waals surface area contributed by atoms with Gasteiger partial charge in [0.25, 0.3) is 0 Å². The molecule has 0 unspecified atom stereocenters. The molecule has 1 aromatic carbocycles. The van der Waals surface area contributed by atoms with Crippen molar-refractivity contribution < 1.29 is 14.6 Å². The lowest BCUT2D eigenvalue weighted by molar-refractivity contribution is -0.131. The summed E-state index contributed by atoms with van der Waals surface area (Å²) in [5.41, 5.74) is 0. The molecule has 0 radical (unpaired) electrons. The Labute approximate surface area is 94.6 Å². The molecule has 0 atom stereocenters. The van der Waals surface area contributed by atoms with Crippen LogP contribution in [0, 0.1) is 0 Å². The number of para-hydroxylation sites is 1. The molecule has 1 aromatic rings. The highest BCUT2D eigenvalue weighted by molar-refractivity contribution is 5.79. The molecule has 0 spiro atoms. The molecule has 4 heteroatoms. The van der Waals surface area contributed by atoms with Crippen molar-refractivity contribution in [1.82, 2.24) is 5.32 Å². The van der Waals surface area contributed by atoms with E-state index in [0.717, 1.165) is 11.8 Å². The van der Waals surface area contributed by atoms with Crippen LogP contribution in [-0.2, 0) is 4.79 Å². The molecule has 2 N–H and O–H groups in total. The molecule has 0 saturated carbocycles. The maximum Gasteiger partial charge on any atom is 0.328 e. The van der Waals surface area contributed by atoms with Crippen molar-refractivity contribution in [2.45, 2.75) is 0 Å². The molecule has 0 aliphatic heterocycles. The van der Waals surface area contributed by atoms with Crippen molar-refractivity contribution in [3.8, 4) is 5.75 Å². The first-order valence-electron chi connectivity index (χ1n) is 5.07. The first-order valence-corrected chi connectivity index (χ1v) is 5.07. The summed E-state index contributed by atoms with van der Waals surface area (Å²) in [7, 11) is 0. The van der Waals surface area contributed by atoms with Crippen LogP contribution >= 0.6 is 0 Å². The Balaban J connectivity index is 2.02. The van der Waals surface area contributed by atoms with E-state index in [0.29, 0.717) is 19.7 Å². The minimum absolute atomic E-state index is 0.532. The van der Waals surface area contributed by atoms with E-state index in [-0.39, 0.29) is 0 Å². The van der Waals surface area contributed by atoms with Crippen LogP contribution in [0.15, 0.2) is 42.5 Å². The van der Waals surface area contributed by atoms with Gasteiger partial charge in [-0.2, -0.15) is 0 Å². The highest BCUT2D eigenvalue weighted by atomic mass is 16.5. The Bertz CT molecular complexity index is 335. The number of benzene rings is 1. The normalized spacial score (nSPS) is 10.5. The van der Waals surface area contributed by atoms with Crippen LogP contribution in [0.5, 0.6) is 5.75 Å². The summed E-state index contributed by atoms with van der Waals surface area (Å²) in [6, 6.07) is 9.55. The molecule has 1 rings (SSSR count). The quantitative estimate of drug-likeness (QED) is 0.538. The summed E-state index contributed by atoms with van der Waals surface area (Å²) in [5, 5.41) is 11.4. The van der Waals surface area contributed by atoms with Gasteiger partial charge in [0.1, 0.15) is 12.4 Å².